The van der Waals surface area contributed by atoms with E-state index in [-0.39, 0.29) is 6.79 Å². The van der Waals surface area contributed by atoms with E-state index in [1.165, 1.54) is 0 Å². The molecule has 0 aromatic carbocycles. The molecule has 0 aliphatic rings. The van der Waals surface area contributed by atoms with Crippen molar-refractivity contribution in [2.24, 2.45) is 0 Å². The molecule has 3 nitrogen and oxygen atoms in total. The molecular weight excluding hydrogens is 96.0 g/mol. The van der Waals surface area contributed by atoms with Gasteiger partial charge in [0, 0.05) is 6.42 Å². The largest absolute Gasteiger partial charge is 0.371 e. The van der Waals surface area contributed by atoms with Crippen LogP contribution in [0, 0.1) is 0 Å². The van der Waals surface area contributed by atoms with Crippen LogP contribution in [0.5, 0.6) is 0 Å². The van der Waals surface area contributed by atoms with E-state index in [0.29, 0.717) is 13.0 Å². The Morgan fingerprint density at radius 2 is 2.43 bits per heavy atom. The van der Waals surface area contributed by atoms with E-state index >= 15 is 0 Å². The molecule has 0 saturated heterocycles. The van der Waals surface area contributed by atoms with Crippen molar-refractivity contribution >= 4 is 6.29 Å². The summed E-state index contributed by atoms with van der Waals surface area (Å²) >= 11 is 0. The molecule has 0 bridgehead atoms. The third-order valence-corrected chi connectivity index (χ3v) is 0.471. The summed E-state index contributed by atoms with van der Waals surface area (Å²) in [4.78, 5) is 9.52. The molecule has 0 aliphatic heterocycles. The molecule has 7 heavy (non-hydrogen) atoms. The first-order valence-electron chi connectivity index (χ1n) is 2.04. The van der Waals surface area contributed by atoms with Crippen LogP contribution >= 0.6 is 0 Å². The summed E-state index contributed by atoms with van der Waals surface area (Å²) in [5.74, 6) is 0. The Balaban J connectivity index is 2.56. The predicted octanol–water partition coefficient (Wildman–Crippen LogP) is -0.458. The van der Waals surface area contributed by atoms with Crippen LogP contribution in [-0.2, 0) is 9.53 Å². The molecule has 0 saturated carbocycles. The van der Waals surface area contributed by atoms with Crippen LogP contribution in [0.2, 0.25) is 0 Å². The van der Waals surface area contributed by atoms with Gasteiger partial charge in [-0.15, -0.1) is 0 Å². The maximum atomic E-state index is 9.52. The quantitative estimate of drug-likeness (QED) is 0.298. The number of carbonyl (C=O) groups is 1. The van der Waals surface area contributed by atoms with Crippen LogP contribution in [0.3, 0.4) is 0 Å². The summed E-state index contributed by atoms with van der Waals surface area (Å²) in [6.07, 6.45) is 1.11. The minimum Gasteiger partial charge on any atom is -0.371 e. The smallest absolute Gasteiger partial charge is 0.143 e. The maximum absolute atomic E-state index is 9.52. The predicted molar refractivity (Wildman–Crippen MR) is 23.7 cm³/mol. The van der Waals surface area contributed by atoms with E-state index in [4.69, 9.17) is 5.11 Å². The highest BCUT2D eigenvalue weighted by Gasteiger charge is 1.79. The Morgan fingerprint density at radius 3 is 2.86 bits per heavy atom. The summed E-state index contributed by atoms with van der Waals surface area (Å²) in [5.41, 5.74) is 0. The number of carbonyl (C=O) groups excluding carboxylic acids is 1. The van der Waals surface area contributed by atoms with Crippen LogP contribution < -0.4 is 0 Å². The Labute approximate surface area is 41.9 Å². The minimum atomic E-state index is -0.298. The number of ether oxygens (including phenoxy) is 1. The van der Waals surface area contributed by atoms with Gasteiger partial charge in [0.05, 0.1) is 6.61 Å². The molecule has 0 heterocycles. The molecule has 0 rings (SSSR count). The van der Waals surface area contributed by atoms with E-state index < -0.39 is 0 Å². The third kappa shape index (κ3) is 5.59. The van der Waals surface area contributed by atoms with Crippen molar-refractivity contribution < 1.29 is 14.6 Å². The molecule has 0 amide bonds. The summed E-state index contributed by atoms with van der Waals surface area (Å²) in [6, 6.07) is 0. The van der Waals surface area contributed by atoms with Gasteiger partial charge in [0.2, 0.25) is 0 Å². The number of hydrogen-bond acceptors (Lipinski definition) is 3. The Bertz CT molecular complexity index is 44.2. The van der Waals surface area contributed by atoms with Crippen LogP contribution in [0.15, 0.2) is 0 Å². The lowest BCUT2D eigenvalue weighted by molar-refractivity contribution is -0.109. The second-order valence-electron chi connectivity index (χ2n) is 0.993. The lowest BCUT2D eigenvalue weighted by Crippen LogP contribution is -1.94. The van der Waals surface area contributed by atoms with Crippen molar-refractivity contribution in [1.29, 1.82) is 0 Å². The van der Waals surface area contributed by atoms with Gasteiger partial charge in [0.1, 0.15) is 13.1 Å². The van der Waals surface area contributed by atoms with E-state index in [1.807, 2.05) is 0 Å². The van der Waals surface area contributed by atoms with E-state index in [2.05, 4.69) is 4.74 Å². The maximum Gasteiger partial charge on any atom is 0.143 e. The standard InChI is InChI=1S/C4H8O3/c5-2-1-3-7-4-6/h2,6H,1,3-4H2. The highest BCUT2D eigenvalue weighted by Crippen LogP contribution is 1.72. The van der Waals surface area contributed by atoms with Crippen molar-refractivity contribution in [2.75, 3.05) is 13.4 Å². The summed E-state index contributed by atoms with van der Waals surface area (Å²) in [7, 11) is 0. The zero-order chi connectivity index (χ0) is 5.54. The molecule has 0 unspecified atom stereocenters. The molecule has 0 aromatic heterocycles. The average molecular weight is 104 g/mol. The Morgan fingerprint density at radius 1 is 1.71 bits per heavy atom. The molecular formula is C4H8O3. The van der Waals surface area contributed by atoms with Crippen LogP contribution in [0.4, 0.5) is 0 Å². The Kier molecular flexibility index (Phi) is 5.26. The minimum absolute atomic E-state index is 0.298. The van der Waals surface area contributed by atoms with E-state index in [1.54, 1.807) is 0 Å². The van der Waals surface area contributed by atoms with Gasteiger partial charge in [-0.1, -0.05) is 0 Å². The molecule has 0 fully saturated rings. The van der Waals surface area contributed by atoms with Gasteiger partial charge in [-0.25, -0.2) is 0 Å². The average Bonchev–Trinajstić information content (AvgIpc) is 1.69. The molecule has 1 N–H and O–H groups in total. The highest BCUT2D eigenvalue weighted by atomic mass is 16.6. The lowest BCUT2D eigenvalue weighted by atomic mass is 10.5. The van der Waals surface area contributed by atoms with E-state index in [9.17, 15) is 4.79 Å². The summed E-state index contributed by atoms with van der Waals surface area (Å²) in [6.45, 7) is 0.0217. The van der Waals surface area contributed by atoms with Crippen LogP contribution in [0.25, 0.3) is 0 Å². The van der Waals surface area contributed by atoms with Gasteiger partial charge in [0.25, 0.3) is 0 Å². The monoisotopic (exact) mass is 104 g/mol. The highest BCUT2D eigenvalue weighted by molar-refractivity contribution is 5.49. The van der Waals surface area contributed by atoms with Gasteiger partial charge >= 0.3 is 0 Å². The fraction of sp³-hybridized carbons (Fsp3) is 0.750. The number of hydrogen-bond donors (Lipinski definition) is 1. The van der Waals surface area contributed by atoms with Crippen molar-refractivity contribution in [3.63, 3.8) is 0 Å². The summed E-state index contributed by atoms with van der Waals surface area (Å²) in [5, 5.41) is 7.95. The molecule has 0 atom stereocenters. The first-order chi connectivity index (χ1) is 3.41. The second kappa shape index (κ2) is 5.59. The van der Waals surface area contributed by atoms with Gasteiger partial charge in [-0.05, 0) is 0 Å². The van der Waals surface area contributed by atoms with Gasteiger partial charge in [-0.3, -0.25) is 0 Å². The molecule has 0 radical (unpaired) electrons. The van der Waals surface area contributed by atoms with Crippen molar-refractivity contribution in [1.82, 2.24) is 0 Å². The fourth-order valence-corrected chi connectivity index (χ4v) is 0.196. The lowest BCUT2D eigenvalue weighted by Gasteiger charge is -1.90. The van der Waals surface area contributed by atoms with Crippen LogP contribution in [0.1, 0.15) is 6.42 Å². The second-order valence-corrected chi connectivity index (χ2v) is 0.993. The Hall–Kier alpha value is -0.410. The first-order valence-corrected chi connectivity index (χ1v) is 2.04. The molecule has 0 aromatic rings. The first kappa shape index (κ1) is 6.59. The molecule has 42 valence electrons. The van der Waals surface area contributed by atoms with Gasteiger partial charge in [-0.2, -0.15) is 0 Å². The zero-order valence-electron chi connectivity index (χ0n) is 3.96. The SMILES string of the molecule is O=CCCOCO. The molecule has 3 heteroatoms. The van der Waals surface area contributed by atoms with E-state index in [0.717, 1.165) is 6.29 Å². The van der Waals surface area contributed by atoms with Crippen molar-refractivity contribution in [3.05, 3.63) is 0 Å². The number of aldehydes is 1. The number of rotatable bonds is 4. The normalized spacial score (nSPS) is 8.71. The molecule has 0 spiro atoms. The van der Waals surface area contributed by atoms with Gasteiger partial charge < -0.3 is 14.6 Å². The molecule has 0 aliphatic carbocycles. The zero-order valence-corrected chi connectivity index (χ0v) is 3.96. The van der Waals surface area contributed by atoms with Crippen molar-refractivity contribution in [3.8, 4) is 0 Å². The third-order valence-electron chi connectivity index (χ3n) is 0.471. The summed E-state index contributed by atoms with van der Waals surface area (Å²) < 4.78 is 4.40. The fourth-order valence-electron chi connectivity index (χ4n) is 0.196. The van der Waals surface area contributed by atoms with Crippen molar-refractivity contribution in [2.45, 2.75) is 6.42 Å². The van der Waals surface area contributed by atoms with Crippen LogP contribution in [-0.4, -0.2) is 24.8 Å². The topological polar surface area (TPSA) is 46.5 Å². The van der Waals surface area contributed by atoms with Gasteiger partial charge in [0.15, 0.2) is 0 Å². The number of aliphatic hydroxyl groups excluding tert-OH is 1. The number of aliphatic hydroxyl groups is 1.